The first-order valence-corrected chi connectivity index (χ1v) is 7.21. The molecule has 2 aliphatic heterocycles. The maximum absolute atomic E-state index is 4.45. The van der Waals surface area contributed by atoms with Crippen molar-refractivity contribution < 1.29 is 0 Å². The van der Waals surface area contributed by atoms with Crippen LogP contribution in [-0.4, -0.2) is 39.9 Å². The molecule has 0 aromatic carbocycles. The van der Waals surface area contributed by atoms with Gasteiger partial charge in [-0.15, -0.1) is 0 Å². The third-order valence-electron chi connectivity index (χ3n) is 4.44. The predicted molar refractivity (Wildman–Crippen MR) is 72.4 cm³/mol. The van der Waals surface area contributed by atoms with Crippen LogP contribution in [-0.2, 0) is 13.6 Å². The Morgan fingerprint density at radius 2 is 2.28 bits per heavy atom. The zero-order valence-corrected chi connectivity index (χ0v) is 11.5. The molecule has 0 amide bonds. The molecule has 3 rings (SSSR count). The Hall–Kier alpha value is -0.870. The van der Waals surface area contributed by atoms with Gasteiger partial charge in [0.2, 0.25) is 0 Å². The molecule has 1 aromatic heterocycles. The summed E-state index contributed by atoms with van der Waals surface area (Å²) in [4.78, 5) is 2.65. The molecule has 2 aliphatic rings. The molecule has 4 nitrogen and oxygen atoms in total. The van der Waals surface area contributed by atoms with E-state index in [4.69, 9.17) is 0 Å². The quantitative estimate of drug-likeness (QED) is 0.879. The van der Waals surface area contributed by atoms with Crippen molar-refractivity contribution in [2.75, 3.05) is 13.1 Å². The number of hydrogen-bond donors (Lipinski definition) is 1. The number of hydrogen-bond acceptors (Lipinski definition) is 3. The highest BCUT2D eigenvalue weighted by atomic mass is 15.3. The fourth-order valence-electron chi connectivity index (χ4n) is 3.56. The van der Waals surface area contributed by atoms with Crippen molar-refractivity contribution in [3.8, 4) is 0 Å². The third kappa shape index (κ3) is 2.31. The Bertz CT molecular complexity index is 406. The van der Waals surface area contributed by atoms with Gasteiger partial charge in [0.05, 0.1) is 11.4 Å². The highest BCUT2D eigenvalue weighted by Gasteiger charge is 2.33. The normalized spacial score (nSPS) is 29.2. The standard InChI is InChI=1S/C14H24N4/c1-11-9-12(17(2)16-11)10-18-8-4-6-14(18)13-5-3-7-15-13/h9,13-15H,3-8,10H2,1-2H3. The fraction of sp³-hybridized carbons (Fsp3) is 0.786. The largest absolute Gasteiger partial charge is 0.312 e. The topological polar surface area (TPSA) is 33.1 Å². The second-order valence-corrected chi connectivity index (χ2v) is 5.78. The van der Waals surface area contributed by atoms with Gasteiger partial charge in [0.15, 0.2) is 0 Å². The summed E-state index contributed by atoms with van der Waals surface area (Å²) in [5.41, 5.74) is 2.47. The van der Waals surface area contributed by atoms with Crippen molar-refractivity contribution in [2.24, 2.45) is 7.05 Å². The van der Waals surface area contributed by atoms with Crippen LogP contribution in [0.2, 0.25) is 0 Å². The van der Waals surface area contributed by atoms with E-state index in [1.165, 1.54) is 44.5 Å². The first kappa shape index (κ1) is 12.2. The molecule has 3 heterocycles. The summed E-state index contributed by atoms with van der Waals surface area (Å²) in [5, 5.41) is 8.12. The van der Waals surface area contributed by atoms with Crippen LogP contribution in [0, 0.1) is 6.92 Å². The maximum Gasteiger partial charge on any atom is 0.0597 e. The van der Waals surface area contributed by atoms with Gasteiger partial charge < -0.3 is 5.32 Å². The minimum atomic E-state index is 0.724. The first-order valence-electron chi connectivity index (χ1n) is 7.21. The molecule has 2 atom stereocenters. The summed E-state index contributed by atoms with van der Waals surface area (Å²) in [7, 11) is 2.06. The van der Waals surface area contributed by atoms with E-state index in [1.54, 1.807) is 0 Å². The summed E-state index contributed by atoms with van der Waals surface area (Å²) in [6.07, 6.45) is 5.40. The highest BCUT2D eigenvalue weighted by Crippen LogP contribution is 2.26. The van der Waals surface area contributed by atoms with Gasteiger partial charge in [-0.3, -0.25) is 9.58 Å². The summed E-state index contributed by atoms with van der Waals surface area (Å²) < 4.78 is 2.03. The van der Waals surface area contributed by atoms with Crippen molar-refractivity contribution in [1.82, 2.24) is 20.0 Å². The van der Waals surface area contributed by atoms with Gasteiger partial charge in [0, 0.05) is 25.7 Å². The lowest BCUT2D eigenvalue weighted by atomic mass is 10.0. The molecule has 1 N–H and O–H groups in total. The molecule has 0 spiro atoms. The molecule has 1 aromatic rings. The molecular formula is C14H24N4. The average Bonchev–Trinajstić information content (AvgIpc) is 3.01. The van der Waals surface area contributed by atoms with Crippen LogP contribution >= 0.6 is 0 Å². The Labute approximate surface area is 109 Å². The molecule has 2 fully saturated rings. The Balaban J connectivity index is 1.69. The minimum absolute atomic E-state index is 0.724. The van der Waals surface area contributed by atoms with E-state index in [0.717, 1.165) is 24.3 Å². The Kier molecular flexibility index (Phi) is 3.39. The first-order chi connectivity index (χ1) is 8.74. The third-order valence-corrected chi connectivity index (χ3v) is 4.44. The van der Waals surface area contributed by atoms with E-state index in [0.29, 0.717) is 0 Å². The zero-order chi connectivity index (χ0) is 12.5. The number of aromatic nitrogens is 2. The fourth-order valence-corrected chi connectivity index (χ4v) is 3.56. The van der Waals surface area contributed by atoms with E-state index < -0.39 is 0 Å². The van der Waals surface area contributed by atoms with E-state index in [-0.39, 0.29) is 0 Å². The van der Waals surface area contributed by atoms with Crippen molar-refractivity contribution in [2.45, 2.75) is 51.2 Å². The van der Waals surface area contributed by atoms with E-state index >= 15 is 0 Å². The molecule has 18 heavy (non-hydrogen) atoms. The molecule has 0 saturated carbocycles. The number of nitrogens with zero attached hydrogens (tertiary/aromatic N) is 3. The smallest absolute Gasteiger partial charge is 0.0597 e. The number of likely N-dealkylation sites (tertiary alicyclic amines) is 1. The summed E-state index contributed by atoms with van der Waals surface area (Å²) in [5.74, 6) is 0. The van der Waals surface area contributed by atoms with Gasteiger partial charge in [-0.05, 0) is 51.8 Å². The van der Waals surface area contributed by atoms with Crippen LogP contribution in [0.1, 0.15) is 37.1 Å². The molecular weight excluding hydrogens is 224 g/mol. The van der Waals surface area contributed by atoms with Crippen LogP contribution in [0.15, 0.2) is 6.07 Å². The van der Waals surface area contributed by atoms with Crippen LogP contribution in [0.5, 0.6) is 0 Å². The molecule has 2 unspecified atom stereocenters. The second-order valence-electron chi connectivity index (χ2n) is 5.78. The molecule has 2 saturated heterocycles. The Morgan fingerprint density at radius 1 is 1.39 bits per heavy atom. The number of nitrogens with one attached hydrogen (secondary N) is 1. The predicted octanol–water partition coefficient (Wildman–Crippen LogP) is 1.44. The molecule has 0 aliphatic carbocycles. The molecule has 0 bridgehead atoms. The average molecular weight is 248 g/mol. The van der Waals surface area contributed by atoms with Gasteiger partial charge in [-0.1, -0.05) is 0 Å². The van der Waals surface area contributed by atoms with Crippen LogP contribution in [0.3, 0.4) is 0 Å². The summed E-state index contributed by atoms with van der Waals surface area (Å²) >= 11 is 0. The second kappa shape index (κ2) is 5.02. The lowest BCUT2D eigenvalue weighted by molar-refractivity contribution is 0.202. The van der Waals surface area contributed by atoms with Crippen molar-refractivity contribution in [3.63, 3.8) is 0 Å². The lowest BCUT2D eigenvalue weighted by Gasteiger charge is -2.29. The SMILES string of the molecule is Cc1cc(CN2CCCC2C2CCCN2)n(C)n1. The van der Waals surface area contributed by atoms with Gasteiger partial charge in [0.25, 0.3) is 0 Å². The summed E-state index contributed by atoms with van der Waals surface area (Å²) in [6, 6.07) is 3.68. The molecule has 4 heteroatoms. The van der Waals surface area contributed by atoms with Crippen molar-refractivity contribution in [3.05, 3.63) is 17.5 Å². The number of rotatable bonds is 3. The van der Waals surface area contributed by atoms with E-state index in [9.17, 15) is 0 Å². The van der Waals surface area contributed by atoms with Crippen LogP contribution < -0.4 is 5.32 Å². The zero-order valence-electron chi connectivity index (χ0n) is 11.5. The van der Waals surface area contributed by atoms with Gasteiger partial charge in [-0.2, -0.15) is 5.10 Å². The summed E-state index contributed by atoms with van der Waals surface area (Å²) in [6.45, 7) is 5.58. The molecule has 0 radical (unpaired) electrons. The molecule has 100 valence electrons. The van der Waals surface area contributed by atoms with Gasteiger partial charge in [0.1, 0.15) is 0 Å². The maximum atomic E-state index is 4.45. The van der Waals surface area contributed by atoms with Crippen LogP contribution in [0.4, 0.5) is 0 Å². The van der Waals surface area contributed by atoms with Crippen LogP contribution in [0.25, 0.3) is 0 Å². The number of aryl methyl sites for hydroxylation is 2. The van der Waals surface area contributed by atoms with Gasteiger partial charge in [-0.25, -0.2) is 0 Å². The minimum Gasteiger partial charge on any atom is -0.312 e. The van der Waals surface area contributed by atoms with Crippen molar-refractivity contribution in [1.29, 1.82) is 0 Å². The monoisotopic (exact) mass is 248 g/mol. The van der Waals surface area contributed by atoms with Gasteiger partial charge >= 0.3 is 0 Å². The van der Waals surface area contributed by atoms with E-state index in [2.05, 4.69) is 35.4 Å². The van der Waals surface area contributed by atoms with E-state index in [1.807, 2.05) is 4.68 Å². The Morgan fingerprint density at radius 3 is 2.94 bits per heavy atom. The lowest BCUT2D eigenvalue weighted by Crippen LogP contribution is -2.43. The highest BCUT2D eigenvalue weighted by molar-refractivity contribution is 5.09. The van der Waals surface area contributed by atoms with Crippen molar-refractivity contribution >= 4 is 0 Å².